The van der Waals surface area contributed by atoms with Crippen molar-refractivity contribution < 1.29 is 4.79 Å². The summed E-state index contributed by atoms with van der Waals surface area (Å²) in [7, 11) is 0. The second-order valence-electron chi connectivity index (χ2n) is 6.01. The van der Waals surface area contributed by atoms with Crippen molar-refractivity contribution >= 4 is 17.2 Å². The molecule has 0 aliphatic carbocycles. The molecule has 2 aromatic carbocycles. The van der Waals surface area contributed by atoms with E-state index in [0.29, 0.717) is 6.42 Å². The van der Waals surface area contributed by atoms with E-state index >= 15 is 0 Å². The molecule has 0 saturated carbocycles. The number of hydrogen-bond acceptors (Lipinski definition) is 2. The van der Waals surface area contributed by atoms with Crippen molar-refractivity contribution in [3.63, 3.8) is 0 Å². The van der Waals surface area contributed by atoms with Crippen LogP contribution in [-0.2, 0) is 11.2 Å². The topological polar surface area (TPSA) is 29.1 Å². The van der Waals surface area contributed by atoms with E-state index < -0.39 is 0 Å². The number of amides is 1. The summed E-state index contributed by atoms with van der Waals surface area (Å²) in [4.78, 5) is 13.6. The van der Waals surface area contributed by atoms with Crippen molar-refractivity contribution in [2.75, 3.05) is 0 Å². The lowest BCUT2D eigenvalue weighted by Gasteiger charge is -2.21. The molecule has 2 nitrogen and oxygen atoms in total. The highest BCUT2D eigenvalue weighted by Crippen LogP contribution is 2.24. The number of hydrogen-bond donors (Lipinski definition) is 1. The third-order valence-corrected chi connectivity index (χ3v) is 5.09. The summed E-state index contributed by atoms with van der Waals surface area (Å²) in [5.74, 6) is 0.0459. The Morgan fingerprint density at radius 1 is 0.958 bits per heavy atom. The summed E-state index contributed by atoms with van der Waals surface area (Å²) in [5.41, 5.74) is 4.71. The number of carbonyl (C=O) groups is 1. The maximum atomic E-state index is 12.5. The van der Waals surface area contributed by atoms with Crippen LogP contribution in [0.5, 0.6) is 0 Å². The fourth-order valence-corrected chi connectivity index (χ4v) is 3.44. The first kappa shape index (κ1) is 16.5. The standard InChI is InChI=1S/C21H21NOS/c1-15-10-11-18(13-16(15)2)21(17-7-4-3-5-8-17)22-20(23)14-19-9-6-12-24-19/h3-13,21H,14H2,1-2H3,(H,22,23)/t21-/m0/s1. The fraction of sp³-hybridized carbons (Fsp3) is 0.190. The van der Waals surface area contributed by atoms with E-state index in [2.05, 4.69) is 49.5 Å². The molecule has 1 heterocycles. The molecule has 3 heteroatoms. The molecule has 0 fully saturated rings. The number of aryl methyl sites for hydroxylation is 2. The van der Waals surface area contributed by atoms with Crippen molar-refractivity contribution in [2.45, 2.75) is 26.3 Å². The van der Waals surface area contributed by atoms with Crippen LogP contribution < -0.4 is 5.32 Å². The lowest BCUT2D eigenvalue weighted by Crippen LogP contribution is -2.30. The van der Waals surface area contributed by atoms with Crippen molar-refractivity contribution in [3.8, 4) is 0 Å². The van der Waals surface area contributed by atoms with Gasteiger partial charge < -0.3 is 5.32 Å². The van der Waals surface area contributed by atoms with Crippen molar-refractivity contribution in [3.05, 3.63) is 93.2 Å². The third-order valence-electron chi connectivity index (χ3n) is 4.22. The lowest BCUT2D eigenvalue weighted by atomic mass is 9.95. The van der Waals surface area contributed by atoms with Gasteiger partial charge in [0.2, 0.25) is 5.91 Å². The minimum Gasteiger partial charge on any atom is -0.345 e. The minimum absolute atomic E-state index is 0.0459. The van der Waals surface area contributed by atoms with E-state index in [9.17, 15) is 4.79 Å². The normalized spacial score (nSPS) is 11.9. The largest absolute Gasteiger partial charge is 0.345 e. The van der Waals surface area contributed by atoms with Crippen LogP contribution in [0.3, 0.4) is 0 Å². The molecule has 24 heavy (non-hydrogen) atoms. The van der Waals surface area contributed by atoms with Crippen LogP contribution in [0.1, 0.15) is 33.2 Å². The molecule has 0 radical (unpaired) electrons. The molecule has 1 amide bonds. The average Bonchev–Trinajstić information content (AvgIpc) is 3.09. The van der Waals surface area contributed by atoms with Crippen molar-refractivity contribution in [2.24, 2.45) is 0 Å². The van der Waals surface area contributed by atoms with Crippen LogP contribution in [0.15, 0.2) is 66.0 Å². The van der Waals surface area contributed by atoms with Gasteiger partial charge in [0.25, 0.3) is 0 Å². The highest BCUT2D eigenvalue weighted by molar-refractivity contribution is 7.10. The van der Waals surface area contributed by atoms with E-state index in [-0.39, 0.29) is 11.9 Å². The smallest absolute Gasteiger partial charge is 0.226 e. The number of benzene rings is 2. The molecule has 1 aromatic heterocycles. The molecule has 0 spiro atoms. The molecule has 0 bridgehead atoms. The van der Waals surface area contributed by atoms with Gasteiger partial charge in [-0.05, 0) is 47.5 Å². The predicted molar refractivity (Wildman–Crippen MR) is 100 cm³/mol. The monoisotopic (exact) mass is 335 g/mol. The zero-order valence-corrected chi connectivity index (χ0v) is 14.8. The van der Waals surface area contributed by atoms with Crippen LogP contribution in [0.25, 0.3) is 0 Å². The molecule has 1 atom stereocenters. The highest BCUT2D eigenvalue weighted by Gasteiger charge is 2.17. The predicted octanol–water partition coefficient (Wildman–Crippen LogP) is 4.81. The van der Waals surface area contributed by atoms with Crippen LogP contribution in [-0.4, -0.2) is 5.91 Å². The number of rotatable bonds is 5. The van der Waals surface area contributed by atoms with Gasteiger partial charge in [-0.2, -0.15) is 0 Å². The molecule has 0 aliphatic rings. The first-order chi connectivity index (χ1) is 11.6. The van der Waals surface area contributed by atoms with Gasteiger partial charge in [-0.1, -0.05) is 54.6 Å². The van der Waals surface area contributed by atoms with Gasteiger partial charge in [-0.3, -0.25) is 4.79 Å². The Morgan fingerprint density at radius 2 is 1.75 bits per heavy atom. The summed E-state index contributed by atoms with van der Waals surface area (Å²) in [6, 6.07) is 20.4. The first-order valence-electron chi connectivity index (χ1n) is 8.07. The molecular formula is C21H21NOS. The Balaban J connectivity index is 1.87. The molecular weight excluding hydrogens is 314 g/mol. The fourth-order valence-electron chi connectivity index (χ4n) is 2.73. The second kappa shape index (κ2) is 7.45. The van der Waals surface area contributed by atoms with Crippen LogP contribution in [0.4, 0.5) is 0 Å². The van der Waals surface area contributed by atoms with Gasteiger partial charge in [0.15, 0.2) is 0 Å². The number of nitrogens with one attached hydrogen (secondary N) is 1. The third kappa shape index (κ3) is 3.92. The van der Waals surface area contributed by atoms with Gasteiger partial charge in [-0.25, -0.2) is 0 Å². The van der Waals surface area contributed by atoms with Gasteiger partial charge in [0.05, 0.1) is 12.5 Å². The zero-order chi connectivity index (χ0) is 16.9. The Labute approximate surface area is 147 Å². The van der Waals surface area contributed by atoms with E-state index in [1.807, 2.05) is 35.7 Å². The van der Waals surface area contributed by atoms with Gasteiger partial charge in [0.1, 0.15) is 0 Å². The van der Waals surface area contributed by atoms with Gasteiger partial charge in [-0.15, -0.1) is 11.3 Å². The molecule has 0 saturated heterocycles. The van der Waals surface area contributed by atoms with E-state index in [1.54, 1.807) is 11.3 Å². The molecule has 3 aromatic rings. The Kier molecular flexibility index (Phi) is 5.11. The molecule has 122 valence electrons. The SMILES string of the molecule is Cc1ccc([C@@H](NC(=O)Cc2cccs2)c2ccccc2)cc1C. The second-order valence-corrected chi connectivity index (χ2v) is 7.04. The molecule has 0 aliphatic heterocycles. The van der Waals surface area contributed by atoms with Gasteiger partial charge in [0, 0.05) is 4.88 Å². The van der Waals surface area contributed by atoms with E-state index in [4.69, 9.17) is 0 Å². The molecule has 1 N–H and O–H groups in total. The molecule has 0 unspecified atom stereocenters. The first-order valence-corrected chi connectivity index (χ1v) is 8.95. The zero-order valence-electron chi connectivity index (χ0n) is 14.0. The van der Waals surface area contributed by atoms with E-state index in [1.165, 1.54) is 11.1 Å². The van der Waals surface area contributed by atoms with Crippen LogP contribution in [0.2, 0.25) is 0 Å². The lowest BCUT2D eigenvalue weighted by molar-refractivity contribution is -0.120. The van der Waals surface area contributed by atoms with Crippen LogP contribution in [0, 0.1) is 13.8 Å². The summed E-state index contributed by atoms with van der Waals surface area (Å²) in [6.45, 7) is 4.21. The number of thiophene rings is 1. The quantitative estimate of drug-likeness (QED) is 0.712. The van der Waals surface area contributed by atoms with Gasteiger partial charge >= 0.3 is 0 Å². The summed E-state index contributed by atoms with van der Waals surface area (Å²) in [5, 5.41) is 5.20. The maximum Gasteiger partial charge on any atom is 0.226 e. The van der Waals surface area contributed by atoms with Crippen LogP contribution >= 0.6 is 11.3 Å². The number of carbonyl (C=O) groups excluding carboxylic acids is 1. The van der Waals surface area contributed by atoms with Crippen molar-refractivity contribution in [1.29, 1.82) is 0 Å². The summed E-state index contributed by atoms with van der Waals surface area (Å²) < 4.78 is 0. The molecule has 3 rings (SSSR count). The Hall–Kier alpha value is -2.39. The summed E-state index contributed by atoms with van der Waals surface area (Å²) >= 11 is 1.61. The van der Waals surface area contributed by atoms with E-state index in [0.717, 1.165) is 16.0 Å². The summed E-state index contributed by atoms with van der Waals surface area (Å²) in [6.07, 6.45) is 0.422. The Morgan fingerprint density at radius 3 is 2.42 bits per heavy atom. The minimum atomic E-state index is -0.127. The Bertz CT molecular complexity index is 809. The average molecular weight is 335 g/mol. The highest BCUT2D eigenvalue weighted by atomic mass is 32.1. The van der Waals surface area contributed by atoms with Crippen molar-refractivity contribution in [1.82, 2.24) is 5.32 Å². The maximum absolute atomic E-state index is 12.5.